The molecule has 1 aliphatic heterocycles. The number of nitro groups is 1. The van der Waals surface area contributed by atoms with Crippen LogP contribution in [0.25, 0.3) is 0 Å². The van der Waals surface area contributed by atoms with Gasteiger partial charge in [-0.2, -0.15) is 13.1 Å². The minimum absolute atomic E-state index is 0.0103. The van der Waals surface area contributed by atoms with Crippen LogP contribution >= 0.6 is 11.6 Å². The third kappa shape index (κ3) is 4.45. The van der Waals surface area contributed by atoms with Crippen LogP contribution in [-0.4, -0.2) is 34.8 Å². The van der Waals surface area contributed by atoms with Crippen LogP contribution in [0.15, 0.2) is 12.1 Å². The number of anilines is 1. The Bertz CT molecular complexity index is 751. The van der Waals surface area contributed by atoms with Crippen molar-refractivity contribution in [3.05, 3.63) is 32.8 Å². The highest BCUT2D eigenvalue weighted by atomic mass is 35.5. The number of hydrogen-bond donors (Lipinski definition) is 1. The number of nitro benzene ring substituents is 1. The van der Waals surface area contributed by atoms with Crippen molar-refractivity contribution in [2.45, 2.75) is 32.2 Å². The van der Waals surface area contributed by atoms with Crippen LogP contribution in [0.3, 0.4) is 0 Å². The molecule has 0 aliphatic carbocycles. The molecule has 1 aromatic carbocycles. The summed E-state index contributed by atoms with van der Waals surface area (Å²) in [5, 5.41) is 11.5. The molecule has 1 N–H and O–H groups in total. The average Bonchev–Trinajstić information content (AvgIpc) is 2.43. The molecule has 0 fully saturated rings. The molecule has 0 radical (unpaired) electrons. The molecule has 0 bridgehead atoms. The summed E-state index contributed by atoms with van der Waals surface area (Å²) in [6, 6.07) is 3.53. The molecule has 0 atom stereocenters. The van der Waals surface area contributed by atoms with Crippen LogP contribution in [0.5, 0.6) is 0 Å². The Balaban J connectivity index is 2.32. The van der Waals surface area contributed by atoms with E-state index in [4.69, 9.17) is 16.3 Å². The van der Waals surface area contributed by atoms with Gasteiger partial charge in [-0.3, -0.25) is 10.1 Å². The smallest absolute Gasteiger partial charge is 0.304 e. The van der Waals surface area contributed by atoms with E-state index in [1.165, 1.54) is 6.07 Å². The summed E-state index contributed by atoms with van der Waals surface area (Å²) in [4.78, 5) is 10.7. The summed E-state index contributed by atoms with van der Waals surface area (Å²) in [6.07, 6.45) is 0. The molecule has 1 heterocycles. The number of hydrogen-bond acceptors (Lipinski definition) is 5. The van der Waals surface area contributed by atoms with Crippen molar-refractivity contribution in [3.8, 4) is 0 Å². The van der Waals surface area contributed by atoms with Crippen molar-refractivity contribution in [2.24, 2.45) is 0 Å². The third-order valence-electron chi connectivity index (χ3n) is 3.52. The first-order valence-corrected chi connectivity index (χ1v) is 12.9. The minimum Gasteiger partial charge on any atom is -0.360 e. The largest absolute Gasteiger partial charge is 0.360 e. The number of nitrogens with one attached hydrogen (secondary N) is 1. The predicted molar refractivity (Wildman–Crippen MR) is 95.3 cm³/mol. The molecule has 2 rings (SSSR count). The van der Waals surface area contributed by atoms with E-state index in [0.717, 1.165) is 16.4 Å². The Labute approximate surface area is 147 Å². The van der Waals surface area contributed by atoms with Crippen molar-refractivity contribution in [1.29, 1.82) is 0 Å². The number of benzene rings is 1. The maximum Gasteiger partial charge on any atom is 0.304 e. The van der Waals surface area contributed by atoms with Crippen LogP contribution in [-0.2, 0) is 21.5 Å². The number of rotatable bonds is 6. The summed E-state index contributed by atoms with van der Waals surface area (Å²) < 4.78 is 33.3. The second-order valence-electron chi connectivity index (χ2n) is 6.71. The van der Waals surface area contributed by atoms with E-state index in [1.54, 1.807) is 0 Å². The fourth-order valence-electron chi connectivity index (χ4n) is 2.23. The molecule has 8 nitrogen and oxygen atoms in total. The van der Waals surface area contributed by atoms with Gasteiger partial charge >= 0.3 is 10.2 Å². The standard InChI is InChI=1S/C13H20ClN3O5SSi/c1-24(2,3)5-4-22-9-16-13-10(8-15-23(16,20)21)6-11(14)7-12(13)17(18)19/h6-7,15H,4-5,8-9H2,1-3H3. The molecule has 0 aromatic heterocycles. The highest BCUT2D eigenvalue weighted by Crippen LogP contribution is 2.38. The monoisotopic (exact) mass is 393 g/mol. The molecule has 0 amide bonds. The van der Waals surface area contributed by atoms with E-state index in [1.807, 2.05) is 0 Å². The average molecular weight is 394 g/mol. The van der Waals surface area contributed by atoms with Gasteiger partial charge in [0.2, 0.25) is 0 Å². The SMILES string of the molecule is C[Si](C)(C)CCOCN1c2c(cc(Cl)cc2[N+](=O)[O-])CNS1(=O)=O. The van der Waals surface area contributed by atoms with E-state index in [2.05, 4.69) is 24.4 Å². The predicted octanol–water partition coefficient (Wildman–Crippen LogP) is 2.71. The van der Waals surface area contributed by atoms with E-state index >= 15 is 0 Å². The molecule has 0 saturated carbocycles. The topological polar surface area (TPSA) is 102 Å². The zero-order chi connectivity index (χ0) is 18.1. The maximum absolute atomic E-state index is 12.3. The lowest BCUT2D eigenvalue weighted by molar-refractivity contribution is -0.384. The van der Waals surface area contributed by atoms with Gasteiger partial charge < -0.3 is 4.74 Å². The van der Waals surface area contributed by atoms with Crippen molar-refractivity contribution in [3.63, 3.8) is 0 Å². The zero-order valence-corrected chi connectivity index (χ0v) is 16.3. The molecule has 0 saturated heterocycles. The van der Waals surface area contributed by atoms with Crippen LogP contribution < -0.4 is 9.03 Å². The fraction of sp³-hybridized carbons (Fsp3) is 0.538. The molecule has 11 heteroatoms. The number of ether oxygens (including phenoxy) is 1. The van der Waals surface area contributed by atoms with Crippen LogP contribution in [0.2, 0.25) is 30.7 Å². The van der Waals surface area contributed by atoms with Crippen molar-refractivity contribution < 1.29 is 18.1 Å². The van der Waals surface area contributed by atoms with Gasteiger partial charge in [0, 0.05) is 37.9 Å². The molecule has 1 aromatic rings. The number of halogens is 1. The molecule has 0 spiro atoms. The number of nitrogens with zero attached hydrogens (tertiary/aromatic N) is 2. The van der Waals surface area contributed by atoms with Crippen molar-refractivity contribution >= 4 is 41.3 Å². The van der Waals surface area contributed by atoms with Crippen LogP contribution in [0.1, 0.15) is 5.56 Å². The first-order chi connectivity index (χ1) is 11.0. The Hall–Kier alpha value is -1.20. The highest BCUT2D eigenvalue weighted by molar-refractivity contribution is 7.91. The molecule has 24 heavy (non-hydrogen) atoms. The lowest BCUT2D eigenvalue weighted by Gasteiger charge is -2.30. The maximum atomic E-state index is 12.3. The summed E-state index contributed by atoms with van der Waals surface area (Å²) in [5.41, 5.74) is 0.102. The second kappa shape index (κ2) is 6.96. The molecular formula is C13H20ClN3O5SSi. The zero-order valence-electron chi connectivity index (χ0n) is 13.7. The Kier molecular flexibility index (Phi) is 5.55. The molecule has 0 unspecified atom stereocenters. The van der Waals surface area contributed by atoms with Gasteiger partial charge in [-0.25, -0.2) is 4.31 Å². The Morgan fingerprint density at radius 1 is 1.42 bits per heavy atom. The first-order valence-electron chi connectivity index (χ1n) is 7.33. The second-order valence-corrected chi connectivity index (χ2v) is 14.4. The first kappa shape index (κ1) is 19.1. The lowest BCUT2D eigenvalue weighted by atomic mass is 10.1. The fourth-order valence-corrected chi connectivity index (χ4v) is 4.38. The lowest BCUT2D eigenvalue weighted by Crippen LogP contribution is -2.46. The Morgan fingerprint density at radius 3 is 2.67 bits per heavy atom. The van der Waals surface area contributed by atoms with Crippen molar-refractivity contribution in [1.82, 2.24) is 4.72 Å². The van der Waals surface area contributed by atoms with Crippen LogP contribution in [0.4, 0.5) is 11.4 Å². The molecule has 1 aliphatic rings. The van der Waals surface area contributed by atoms with E-state index < -0.39 is 23.2 Å². The third-order valence-corrected chi connectivity index (χ3v) is 6.82. The quantitative estimate of drug-likeness (QED) is 0.346. The van der Waals surface area contributed by atoms with Gasteiger partial charge in [0.05, 0.1) is 4.92 Å². The van der Waals surface area contributed by atoms with Gasteiger partial charge in [-0.1, -0.05) is 31.2 Å². The highest BCUT2D eigenvalue weighted by Gasteiger charge is 2.36. The van der Waals surface area contributed by atoms with Gasteiger partial charge in [0.15, 0.2) is 0 Å². The van der Waals surface area contributed by atoms with Crippen molar-refractivity contribution in [2.75, 3.05) is 17.6 Å². The minimum atomic E-state index is -3.90. The van der Waals surface area contributed by atoms with Gasteiger partial charge in [-0.15, -0.1) is 0 Å². The van der Waals surface area contributed by atoms with Gasteiger partial charge in [0.25, 0.3) is 5.69 Å². The van der Waals surface area contributed by atoms with Crippen LogP contribution in [0, 0.1) is 10.1 Å². The van der Waals surface area contributed by atoms with E-state index in [9.17, 15) is 18.5 Å². The molecular weight excluding hydrogens is 374 g/mol. The van der Waals surface area contributed by atoms with Gasteiger partial charge in [0.1, 0.15) is 12.4 Å². The summed E-state index contributed by atoms with van der Waals surface area (Å²) in [5.74, 6) is 0. The molecule has 134 valence electrons. The summed E-state index contributed by atoms with van der Waals surface area (Å²) in [7, 11) is -5.22. The van der Waals surface area contributed by atoms with E-state index in [-0.39, 0.29) is 29.7 Å². The summed E-state index contributed by atoms with van der Waals surface area (Å²) >= 11 is 5.89. The summed E-state index contributed by atoms with van der Waals surface area (Å²) in [6.45, 7) is 6.60. The van der Waals surface area contributed by atoms with E-state index in [0.29, 0.717) is 12.2 Å². The Morgan fingerprint density at radius 2 is 2.08 bits per heavy atom. The van der Waals surface area contributed by atoms with Gasteiger partial charge in [-0.05, 0) is 12.1 Å². The normalized spacial score (nSPS) is 16.8. The number of fused-ring (bicyclic) bond motifs is 1.